The highest BCUT2D eigenvalue weighted by Crippen LogP contribution is 2.43. The molecule has 0 aliphatic carbocycles. The van der Waals surface area contributed by atoms with E-state index in [0.29, 0.717) is 23.4 Å². The van der Waals surface area contributed by atoms with E-state index in [4.69, 9.17) is 39.5 Å². The number of hydrogen-bond acceptors (Lipinski definition) is 4. The maximum Gasteiger partial charge on any atom is 0.285 e. The van der Waals surface area contributed by atoms with Crippen molar-refractivity contribution in [3.05, 3.63) is 11.0 Å². The number of halogens is 3. The summed E-state index contributed by atoms with van der Waals surface area (Å²) < 4.78 is 7.08. The summed E-state index contributed by atoms with van der Waals surface area (Å²) in [5.74, 6) is 0.543. The normalized spacial score (nSPS) is 23.6. The molecule has 0 bridgehead atoms. The van der Waals surface area contributed by atoms with Gasteiger partial charge in [-0.25, -0.2) is 4.99 Å². The SMILES string of the molecule is CCOC1(Cl)N=C(Cl)N(C)c2nc(Cl)n(C)c21. The van der Waals surface area contributed by atoms with Gasteiger partial charge in [0, 0.05) is 20.7 Å². The highest BCUT2D eigenvalue weighted by Gasteiger charge is 2.43. The second-order valence-electron chi connectivity index (χ2n) is 3.55. The Labute approximate surface area is 114 Å². The van der Waals surface area contributed by atoms with Gasteiger partial charge in [-0.1, -0.05) is 11.6 Å². The van der Waals surface area contributed by atoms with Crippen LogP contribution < -0.4 is 4.90 Å². The Balaban J connectivity index is 2.64. The second kappa shape index (κ2) is 4.31. The first-order valence-electron chi connectivity index (χ1n) is 4.95. The topological polar surface area (TPSA) is 42.6 Å². The Morgan fingerprint density at radius 3 is 2.59 bits per heavy atom. The van der Waals surface area contributed by atoms with Crippen molar-refractivity contribution in [2.45, 2.75) is 12.1 Å². The van der Waals surface area contributed by atoms with Crippen LogP contribution >= 0.6 is 34.8 Å². The zero-order valence-electron chi connectivity index (χ0n) is 9.54. The zero-order valence-corrected chi connectivity index (χ0v) is 11.8. The van der Waals surface area contributed by atoms with Gasteiger partial charge in [0.25, 0.3) is 5.18 Å². The van der Waals surface area contributed by atoms with E-state index >= 15 is 0 Å². The molecule has 1 aromatic heterocycles. The van der Waals surface area contributed by atoms with Gasteiger partial charge < -0.3 is 14.2 Å². The lowest BCUT2D eigenvalue weighted by Crippen LogP contribution is -2.36. The van der Waals surface area contributed by atoms with Crippen molar-refractivity contribution in [3.63, 3.8) is 0 Å². The van der Waals surface area contributed by atoms with E-state index in [2.05, 4.69) is 9.98 Å². The van der Waals surface area contributed by atoms with Gasteiger partial charge in [-0.3, -0.25) is 0 Å². The summed E-state index contributed by atoms with van der Waals surface area (Å²) in [7, 11) is 3.48. The third-order valence-corrected chi connectivity index (χ3v) is 3.53. The number of imidazole rings is 1. The molecule has 94 valence electrons. The van der Waals surface area contributed by atoms with Crippen LogP contribution in [0.1, 0.15) is 12.6 Å². The van der Waals surface area contributed by atoms with E-state index in [-0.39, 0.29) is 5.29 Å². The van der Waals surface area contributed by atoms with Gasteiger partial charge in [-0.05, 0) is 30.1 Å². The summed E-state index contributed by atoms with van der Waals surface area (Å²) in [6.45, 7) is 2.21. The highest BCUT2D eigenvalue weighted by molar-refractivity contribution is 6.68. The molecule has 0 aromatic carbocycles. The number of anilines is 1. The Hall–Kier alpha value is -0.490. The predicted octanol–water partition coefficient (Wildman–Crippen LogP) is 2.50. The predicted molar refractivity (Wildman–Crippen MR) is 69.1 cm³/mol. The number of aromatic nitrogens is 2. The molecule has 0 spiro atoms. The molecule has 17 heavy (non-hydrogen) atoms. The van der Waals surface area contributed by atoms with E-state index in [1.165, 1.54) is 0 Å². The Morgan fingerprint density at radius 1 is 1.35 bits per heavy atom. The van der Waals surface area contributed by atoms with Crippen LogP contribution in [0.25, 0.3) is 0 Å². The van der Waals surface area contributed by atoms with Crippen LogP contribution in [0, 0.1) is 0 Å². The molecule has 1 aliphatic rings. The minimum atomic E-state index is -1.37. The Bertz CT molecular complexity index is 487. The number of alkyl halides is 1. The average molecular weight is 298 g/mol. The first-order valence-corrected chi connectivity index (χ1v) is 6.08. The van der Waals surface area contributed by atoms with Gasteiger partial charge in [0.15, 0.2) is 5.82 Å². The lowest BCUT2D eigenvalue weighted by Gasteiger charge is -2.31. The summed E-state index contributed by atoms with van der Waals surface area (Å²) in [4.78, 5) is 9.92. The van der Waals surface area contributed by atoms with E-state index < -0.39 is 5.18 Å². The molecule has 1 unspecified atom stereocenters. The smallest absolute Gasteiger partial charge is 0.285 e. The standard InChI is InChI=1S/C9H11Cl3N4O/c1-4-17-9(12)5-6(13-7(10)15(5)2)16(3)8(11)14-9/h4H2,1-3H3. The van der Waals surface area contributed by atoms with Crippen molar-refractivity contribution in [2.75, 3.05) is 18.6 Å². The van der Waals surface area contributed by atoms with Crippen molar-refractivity contribution < 1.29 is 4.74 Å². The summed E-state index contributed by atoms with van der Waals surface area (Å²) >= 11 is 18.3. The molecule has 8 heteroatoms. The third kappa shape index (κ3) is 1.91. The molecular formula is C9H11Cl3N4O. The number of amidine groups is 1. The van der Waals surface area contributed by atoms with Crippen LogP contribution in [-0.2, 0) is 17.0 Å². The van der Waals surface area contributed by atoms with Gasteiger partial charge in [0.05, 0.1) is 0 Å². The van der Waals surface area contributed by atoms with Crippen LogP contribution in [0.5, 0.6) is 0 Å². The van der Waals surface area contributed by atoms with Crippen molar-refractivity contribution >= 4 is 45.9 Å². The molecule has 2 rings (SSSR count). The van der Waals surface area contributed by atoms with Crippen LogP contribution in [0.4, 0.5) is 5.82 Å². The minimum Gasteiger partial charge on any atom is -0.336 e. The van der Waals surface area contributed by atoms with Gasteiger partial charge in [0.2, 0.25) is 10.6 Å². The average Bonchev–Trinajstić information content (AvgIpc) is 2.54. The largest absolute Gasteiger partial charge is 0.336 e. The molecule has 0 saturated carbocycles. The third-order valence-electron chi connectivity index (χ3n) is 2.48. The van der Waals surface area contributed by atoms with Crippen molar-refractivity contribution in [1.29, 1.82) is 0 Å². The molecule has 0 fully saturated rings. The maximum atomic E-state index is 6.34. The molecule has 5 nitrogen and oxygen atoms in total. The molecule has 1 atom stereocenters. The zero-order chi connectivity index (χ0) is 12.8. The van der Waals surface area contributed by atoms with Crippen LogP contribution in [-0.4, -0.2) is 28.5 Å². The first-order chi connectivity index (χ1) is 7.90. The molecule has 1 aliphatic heterocycles. The van der Waals surface area contributed by atoms with Crippen LogP contribution in [0.15, 0.2) is 4.99 Å². The van der Waals surface area contributed by atoms with Crippen LogP contribution in [0.3, 0.4) is 0 Å². The van der Waals surface area contributed by atoms with E-state index in [0.717, 1.165) is 0 Å². The number of hydrogen-bond donors (Lipinski definition) is 0. The van der Waals surface area contributed by atoms with E-state index in [1.54, 1.807) is 23.6 Å². The molecule has 0 N–H and O–H groups in total. The number of nitrogens with zero attached hydrogens (tertiary/aromatic N) is 4. The quantitative estimate of drug-likeness (QED) is 0.622. The first kappa shape index (κ1) is 13.0. The summed E-state index contributed by atoms with van der Waals surface area (Å²) in [5, 5.41) is -0.869. The fraction of sp³-hybridized carbons (Fsp3) is 0.556. The lowest BCUT2D eigenvalue weighted by molar-refractivity contribution is 0.0262. The van der Waals surface area contributed by atoms with E-state index in [9.17, 15) is 0 Å². The fourth-order valence-corrected chi connectivity index (χ4v) is 2.47. The van der Waals surface area contributed by atoms with Gasteiger partial charge >= 0.3 is 0 Å². The Kier molecular flexibility index (Phi) is 3.29. The molecular weight excluding hydrogens is 286 g/mol. The number of ether oxygens (including phenoxy) is 1. The molecule has 0 radical (unpaired) electrons. The number of aliphatic imine (C=N–C) groups is 1. The summed E-state index contributed by atoms with van der Waals surface area (Å²) in [6, 6.07) is 0. The summed E-state index contributed by atoms with van der Waals surface area (Å²) in [6.07, 6.45) is 0. The van der Waals surface area contributed by atoms with Crippen molar-refractivity contribution in [2.24, 2.45) is 12.0 Å². The Morgan fingerprint density at radius 2 is 2.00 bits per heavy atom. The highest BCUT2D eigenvalue weighted by atomic mass is 35.5. The lowest BCUT2D eigenvalue weighted by atomic mass is 10.3. The fourth-order valence-electron chi connectivity index (χ4n) is 1.66. The summed E-state index contributed by atoms with van der Waals surface area (Å²) in [5.41, 5.74) is 0.568. The number of rotatable bonds is 2. The maximum absolute atomic E-state index is 6.34. The molecule has 1 aromatic rings. The van der Waals surface area contributed by atoms with Gasteiger partial charge in [-0.2, -0.15) is 4.98 Å². The number of fused-ring (bicyclic) bond motifs is 1. The molecule has 2 heterocycles. The van der Waals surface area contributed by atoms with E-state index in [1.807, 2.05) is 6.92 Å². The van der Waals surface area contributed by atoms with Crippen LogP contribution in [0.2, 0.25) is 5.28 Å². The van der Waals surface area contributed by atoms with Gasteiger partial charge in [-0.15, -0.1) is 0 Å². The van der Waals surface area contributed by atoms with Gasteiger partial charge in [0.1, 0.15) is 5.69 Å². The molecule has 0 saturated heterocycles. The minimum absolute atomic E-state index is 0.204. The molecule has 0 amide bonds. The van der Waals surface area contributed by atoms with Crippen molar-refractivity contribution in [3.8, 4) is 0 Å². The monoisotopic (exact) mass is 296 g/mol. The van der Waals surface area contributed by atoms with Crippen molar-refractivity contribution in [1.82, 2.24) is 9.55 Å². The second-order valence-corrected chi connectivity index (χ2v) is 4.73.